The third-order valence-corrected chi connectivity index (χ3v) is 20.1. The van der Waals surface area contributed by atoms with Crippen molar-refractivity contribution in [3.63, 3.8) is 0 Å². The number of benzene rings is 1. The van der Waals surface area contributed by atoms with Crippen molar-refractivity contribution >= 4 is 39.0 Å². The SMILES string of the molecule is CC(C)c1cccc(C(C)C)c1[N]([GeH2])C1=C(P2N(C(C)(C)C)[Si](C)(C)N2C(C)(C)C)[C@H]2CC[C@@H]1C2. The Bertz CT molecular complexity index is 954. The van der Waals surface area contributed by atoms with Gasteiger partial charge in [0.05, 0.1) is 0 Å². The molecule has 1 aromatic rings. The summed E-state index contributed by atoms with van der Waals surface area (Å²) in [5, 5.41) is 1.85. The van der Waals surface area contributed by atoms with Crippen LogP contribution in [0.3, 0.4) is 0 Å². The van der Waals surface area contributed by atoms with E-state index in [9.17, 15) is 0 Å². The van der Waals surface area contributed by atoms with E-state index in [2.05, 4.69) is 113 Å². The van der Waals surface area contributed by atoms with E-state index < -0.39 is 16.6 Å². The van der Waals surface area contributed by atoms with Gasteiger partial charge in [0.15, 0.2) is 0 Å². The summed E-state index contributed by atoms with van der Waals surface area (Å²) in [6, 6.07) is 7.09. The predicted molar refractivity (Wildman–Crippen MR) is 161 cm³/mol. The van der Waals surface area contributed by atoms with Crippen LogP contribution in [-0.2, 0) is 0 Å². The summed E-state index contributed by atoms with van der Waals surface area (Å²) in [4.78, 5) is 0. The van der Waals surface area contributed by atoms with E-state index in [0.29, 0.717) is 11.8 Å². The summed E-state index contributed by atoms with van der Waals surface area (Å²) in [6.07, 6.45) is 4.17. The topological polar surface area (TPSA) is 9.72 Å². The van der Waals surface area contributed by atoms with Crippen molar-refractivity contribution in [1.29, 1.82) is 0 Å². The third-order valence-electron chi connectivity index (χ3n) is 8.27. The number of hydrogen-bond acceptors (Lipinski definition) is 3. The van der Waals surface area contributed by atoms with Crippen LogP contribution in [0.25, 0.3) is 0 Å². The molecule has 3 nitrogen and oxygen atoms in total. The fraction of sp³-hybridized carbons (Fsp3) is 0.724. The maximum absolute atomic E-state index is 3.03. The number of para-hydroxylation sites is 1. The number of hydrogen-bond donors (Lipinski definition) is 0. The van der Waals surface area contributed by atoms with Gasteiger partial charge in [-0.1, -0.05) is 0 Å². The van der Waals surface area contributed by atoms with Crippen LogP contribution >= 0.6 is 8.22 Å². The van der Waals surface area contributed by atoms with Crippen LogP contribution in [-0.4, -0.2) is 44.9 Å². The molecule has 1 saturated heterocycles. The van der Waals surface area contributed by atoms with Crippen molar-refractivity contribution < 1.29 is 0 Å². The molecule has 2 aliphatic carbocycles. The molecule has 0 spiro atoms. The minimum atomic E-state index is -1.69. The molecule has 6 heteroatoms. The molecule has 3 aliphatic rings. The van der Waals surface area contributed by atoms with Crippen LogP contribution < -0.4 is 3.86 Å². The van der Waals surface area contributed by atoms with E-state index in [0.717, 1.165) is 11.8 Å². The monoisotopic (exact) mass is 574 g/mol. The quantitative estimate of drug-likeness (QED) is 0.260. The molecule has 1 radical (unpaired) electrons. The van der Waals surface area contributed by atoms with E-state index >= 15 is 0 Å². The molecule has 4 rings (SSSR count). The zero-order valence-corrected chi connectivity index (χ0v) is 29.5. The molecule has 2 atom stereocenters. The first-order valence-electron chi connectivity index (χ1n) is 13.9. The van der Waals surface area contributed by atoms with Gasteiger partial charge >= 0.3 is 228 Å². The van der Waals surface area contributed by atoms with E-state index in [1.165, 1.54) is 47.1 Å². The Balaban J connectivity index is 1.93. The average Bonchev–Trinajstić information content (AvgIpc) is 3.30. The third kappa shape index (κ3) is 4.56. The van der Waals surface area contributed by atoms with Crippen LogP contribution in [0.1, 0.15) is 111 Å². The summed E-state index contributed by atoms with van der Waals surface area (Å²) in [5.74, 6) is 2.61. The standard InChI is InChI=1S/C29H51GeN3PSi/c1-19(2)23-14-13-15-24(20(3)4)26(23)31(30)25-21-16-17-22(18-21)27(25)34-32(28(5,6)7)35(11,12)33(34)29(8,9)10/h13-15,19-22H,16-18,30H2,1-12H3/t21-,22+/m1/s1. The second-order valence-electron chi connectivity index (χ2n) is 14.2. The molecule has 0 unspecified atom stereocenters. The molecule has 35 heavy (non-hydrogen) atoms. The summed E-state index contributed by atoms with van der Waals surface area (Å²) in [7, 11) is -2.12. The molecule has 1 aliphatic heterocycles. The van der Waals surface area contributed by atoms with Gasteiger partial charge < -0.3 is 0 Å². The van der Waals surface area contributed by atoms with Crippen LogP contribution in [0.5, 0.6) is 0 Å². The zero-order valence-electron chi connectivity index (χ0n) is 24.7. The van der Waals surface area contributed by atoms with E-state index in [1.54, 1.807) is 11.4 Å². The Morgan fingerprint density at radius 2 is 1.34 bits per heavy atom. The fourth-order valence-corrected chi connectivity index (χ4v) is 20.6. The van der Waals surface area contributed by atoms with Gasteiger partial charge in [0.1, 0.15) is 0 Å². The Morgan fingerprint density at radius 3 is 1.77 bits per heavy atom. The molecule has 1 aromatic carbocycles. The van der Waals surface area contributed by atoms with Crippen LogP contribution in [0, 0.1) is 11.8 Å². The number of anilines is 1. The van der Waals surface area contributed by atoms with Gasteiger partial charge in [0, 0.05) is 0 Å². The summed E-state index contributed by atoms with van der Waals surface area (Å²) < 4.78 is 8.88. The van der Waals surface area contributed by atoms with Crippen LogP contribution in [0.4, 0.5) is 5.69 Å². The molecule has 0 N–H and O–H groups in total. The summed E-state index contributed by atoms with van der Waals surface area (Å²) in [5.41, 5.74) is 6.78. The first-order valence-corrected chi connectivity index (χ1v) is 19.3. The number of rotatable bonds is 5. The van der Waals surface area contributed by atoms with Crippen molar-refractivity contribution in [2.45, 2.75) is 125 Å². The minimum absolute atomic E-state index is 0.205. The Hall–Kier alpha value is -0.130. The van der Waals surface area contributed by atoms with Crippen LogP contribution in [0.15, 0.2) is 29.2 Å². The number of allylic oxidation sites excluding steroid dienone is 2. The van der Waals surface area contributed by atoms with Gasteiger partial charge in [-0.25, -0.2) is 0 Å². The van der Waals surface area contributed by atoms with Gasteiger partial charge in [-0.3, -0.25) is 0 Å². The maximum atomic E-state index is 3.03. The van der Waals surface area contributed by atoms with Gasteiger partial charge in [-0.2, -0.15) is 0 Å². The molecule has 2 bridgehead atoms. The van der Waals surface area contributed by atoms with Crippen molar-refractivity contribution in [2.75, 3.05) is 3.86 Å². The molecule has 1 heterocycles. The average molecular weight is 573 g/mol. The van der Waals surface area contributed by atoms with E-state index in [4.69, 9.17) is 0 Å². The first kappa shape index (κ1) is 27.9. The second kappa shape index (κ2) is 9.26. The number of fused-ring (bicyclic) bond motifs is 2. The van der Waals surface area contributed by atoms with Gasteiger partial charge in [0.25, 0.3) is 0 Å². The normalized spacial score (nSPS) is 25.8. The predicted octanol–water partition coefficient (Wildman–Crippen LogP) is 8.16. The molecule has 0 amide bonds. The van der Waals surface area contributed by atoms with Crippen molar-refractivity contribution in [3.8, 4) is 0 Å². The Kier molecular flexibility index (Phi) is 7.38. The van der Waals surface area contributed by atoms with Crippen LogP contribution in [0.2, 0.25) is 13.1 Å². The van der Waals surface area contributed by atoms with Gasteiger partial charge in [0.2, 0.25) is 0 Å². The summed E-state index contributed by atoms with van der Waals surface area (Å²) >= 11 is 1.18. The molecular formula is C29H51GeN3PSi. The van der Waals surface area contributed by atoms with Crippen molar-refractivity contribution in [3.05, 3.63) is 40.3 Å². The van der Waals surface area contributed by atoms with Gasteiger partial charge in [-0.05, 0) is 0 Å². The molecule has 2 fully saturated rings. The molecular weight excluding hydrogens is 522 g/mol. The fourth-order valence-electron chi connectivity index (χ4n) is 7.50. The first-order chi connectivity index (χ1) is 16.0. The summed E-state index contributed by atoms with van der Waals surface area (Å²) in [6.45, 7) is 29.5. The molecule has 195 valence electrons. The number of nitrogens with zero attached hydrogens (tertiary/aromatic N) is 3. The van der Waals surface area contributed by atoms with E-state index in [-0.39, 0.29) is 11.1 Å². The van der Waals surface area contributed by atoms with E-state index in [1.807, 2.05) is 5.31 Å². The Morgan fingerprint density at radius 1 is 0.886 bits per heavy atom. The zero-order chi connectivity index (χ0) is 26.2. The van der Waals surface area contributed by atoms with Crippen molar-refractivity contribution in [2.24, 2.45) is 11.8 Å². The van der Waals surface area contributed by atoms with Gasteiger partial charge in [-0.15, -0.1) is 0 Å². The molecule has 1 saturated carbocycles. The second-order valence-corrected chi connectivity index (χ2v) is 22.1. The van der Waals surface area contributed by atoms with Crippen molar-refractivity contribution in [1.82, 2.24) is 8.67 Å². The molecule has 0 aromatic heterocycles. The Labute approximate surface area is 227 Å².